The Hall–Kier alpha value is -2.60. The van der Waals surface area contributed by atoms with E-state index in [1.54, 1.807) is 7.11 Å². The number of carbonyl (C=O) groups excluding carboxylic acids is 1. The molecule has 2 aromatic rings. The summed E-state index contributed by atoms with van der Waals surface area (Å²) in [5.74, 6) is 1.34. The van der Waals surface area contributed by atoms with E-state index in [9.17, 15) is 4.79 Å². The highest BCUT2D eigenvalue weighted by molar-refractivity contribution is 6.30. The standard InChI is InChI=1S/C23H29ClN4O2/c1-30-22-7-3-6-21(15-22)28-9-8-18(17-28)16-25-23(29)27-12-10-26(11-13-27)20-5-2-4-19(24)14-20/h2-7,14-15,18H,8-13,16-17H2,1H3,(H,25,29). The summed E-state index contributed by atoms with van der Waals surface area (Å²) in [4.78, 5) is 19.2. The summed E-state index contributed by atoms with van der Waals surface area (Å²) in [5.41, 5.74) is 2.30. The van der Waals surface area contributed by atoms with Crippen LogP contribution in [0.25, 0.3) is 0 Å². The van der Waals surface area contributed by atoms with Gasteiger partial charge in [-0.25, -0.2) is 4.79 Å². The predicted molar refractivity (Wildman–Crippen MR) is 122 cm³/mol. The first kappa shape index (κ1) is 20.7. The third-order valence-corrected chi connectivity index (χ3v) is 6.22. The number of nitrogens with zero attached hydrogens (tertiary/aromatic N) is 3. The fourth-order valence-corrected chi connectivity index (χ4v) is 4.41. The predicted octanol–water partition coefficient (Wildman–Crippen LogP) is 3.71. The average molecular weight is 429 g/mol. The van der Waals surface area contributed by atoms with E-state index in [-0.39, 0.29) is 6.03 Å². The number of amides is 2. The van der Waals surface area contributed by atoms with Crippen molar-refractivity contribution in [2.75, 3.05) is 62.7 Å². The molecule has 2 saturated heterocycles. The van der Waals surface area contributed by atoms with Crippen molar-refractivity contribution in [3.05, 3.63) is 53.6 Å². The molecule has 2 fully saturated rings. The van der Waals surface area contributed by atoms with Gasteiger partial charge in [-0.05, 0) is 42.7 Å². The lowest BCUT2D eigenvalue weighted by Crippen LogP contribution is -2.52. The molecular weight excluding hydrogens is 400 g/mol. The minimum absolute atomic E-state index is 0.0422. The van der Waals surface area contributed by atoms with Gasteiger partial charge < -0.3 is 24.8 Å². The molecule has 6 nitrogen and oxygen atoms in total. The van der Waals surface area contributed by atoms with E-state index in [2.05, 4.69) is 33.3 Å². The molecule has 0 saturated carbocycles. The van der Waals surface area contributed by atoms with Crippen molar-refractivity contribution in [3.63, 3.8) is 0 Å². The summed E-state index contributed by atoms with van der Waals surface area (Å²) in [6.07, 6.45) is 1.08. The normalized spacial score (nSPS) is 19.1. The highest BCUT2D eigenvalue weighted by Crippen LogP contribution is 2.26. The van der Waals surface area contributed by atoms with Gasteiger partial charge in [0.05, 0.1) is 7.11 Å². The highest BCUT2D eigenvalue weighted by Gasteiger charge is 2.25. The van der Waals surface area contributed by atoms with Crippen LogP contribution in [-0.4, -0.2) is 63.9 Å². The maximum absolute atomic E-state index is 12.6. The fraction of sp³-hybridized carbons (Fsp3) is 0.435. The lowest BCUT2D eigenvalue weighted by Gasteiger charge is -2.36. The Labute approximate surface area is 183 Å². The monoisotopic (exact) mass is 428 g/mol. The summed E-state index contributed by atoms with van der Waals surface area (Å²) in [5, 5.41) is 3.89. The Bertz CT molecular complexity index is 870. The summed E-state index contributed by atoms with van der Waals surface area (Å²) in [6, 6.07) is 16.1. The number of rotatable bonds is 5. The Morgan fingerprint density at radius 2 is 1.77 bits per heavy atom. The van der Waals surface area contributed by atoms with Gasteiger partial charge in [0, 0.05) is 68.3 Å². The van der Waals surface area contributed by atoms with Crippen LogP contribution in [0.3, 0.4) is 0 Å². The van der Waals surface area contributed by atoms with Gasteiger partial charge in [-0.1, -0.05) is 23.7 Å². The maximum Gasteiger partial charge on any atom is 0.317 e. The van der Waals surface area contributed by atoms with E-state index in [1.165, 1.54) is 5.69 Å². The molecule has 4 rings (SSSR count). The van der Waals surface area contributed by atoms with E-state index in [1.807, 2.05) is 35.2 Å². The molecule has 1 atom stereocenters. The largest absolute Gasteiger partial charge is 0.497 e. The molecule has 1 N–H and O–H groups in total. The van der Waals surface area contributed by atoms with Crippen molar-refractivity contribution >= 4 is 29.0 Å². The van der Waals surface area contributed by atoms with Gasteiger partial charge in [0.15, 0.2) is 0 Å². The first-order valence-electron chi connectivity index (χ1n) is 10.5. The molecule has 30 heavy (non-hydrogen) atoms. The molecule has 0 aliphatic carbocycles. The van der Waals surface area contributed by atoms with E-state index < -0.39 is 0 Å². The zero-order chi connectivity index (χ0) is 20.9. The van der Waals surface area contributed by atoms with Gasteiger partial charge in [-0.15, -0.1) is 0 Å². The Morgan fingerprint density at radius 3 is 2.50 bits per heavy atom. The van der Waals surface area contributed by atoms with Crippen molar-refractivity contribution in [2.24, 2.45) is 5.92 Å². The second-order valence-electron chi connectivity index (χ2n) is 7.94. The molecule has 1 unspecified atom stereocenters. The van der Waals surface area contributed by atoms with Crippen LogP contribution in [0.1, 0.15) is 6.42 Å². The van der Waals surface area contributed by atoms with Crippen molar-refractivity contribution in [2.45, 2.75) is 6.42 Å². The molecule has 2 heterocycles. The summed E-state index contributed by atoms with van der Waals surface area (Å²) in [6.45, 7) is 5.76. The topological polar surface area (TPSA) is 48.1 Å². The lowest BCUT2D eigenvalue weighted by atomic mass is 10.1. The first-order chi connectivity index (χ1) is 14.6. The van der Waals surface area contributed by atoms with Crippen molar-refractivity contribution in [3.8, 4) is 5.75 Å². The number of ether oxygens (including phenoxy) is 1. The zero-order valence-corrected chi connectivity index (χ0v) is 18.1. The van der Waals surface area contributed by atoms with Crippen molar-refractivity contribution in [1.29, 1.82) is 0 Å². The molecule has 160 valence electrons. The minimum Gasteiger partial charge on any atom is -0.497 e. The fourth-order valence-electron chi connectivity index (χ4n) is 4.22. The van der Waals surface area contributed by atoms with Crippen LogP contribution in [0.2, 0.25) is 5.02 Å². The second kappa shape index (κ2) is 9.47. The second-order valence-corrected chi connectivity index (χ2v) is 8.38. The van der Waals surface area contributed by atoms with Gasteiger partial charge in [-0.3, -0.25) is 0 Å². The number of benzene rings is 2. The Balaban J connectivity index is 1.22. The van der Waals surface area contributed by atoms with E-state index in [0.29, 0.717) is 12.5 Å². The summed E-state index contributed by atoms with van der Waals surface area (Å²) in [7, 11) is 1.69. The third kappa shape index (κ3) is 4.93. The van der Waals surface area contributed by atoms with Crippen molar-refractivity contribution < 1.29 is 9.53 Å². The summed E-state index contributed by atoms with van der Waals surface area (Å²) >= 11 is 6.10. The van der Waals surface area contributed by atoms with Crippen molar-refractivity contribution in [1.82, 2.24) is 10.2 Å². The SMILES string of the molecule is COc1cccc(N2CCC(CNC(=O)N3CCN(c4cccc(Cl)c4)CC3)C2)c1. The first-order valence-corrected chi connectivity index (χ1v) is 10.9. The van der Waals surface area contributed by atoms with Crippen LogP contribution in [-0.2, 0) is 0 Å². The third-order valence-electron chi connectivity index (χ3n) is 5.99. The minimum atomic E-state index is 0.0422. The smallest absolute Gasteiger partial charge is 0.317 e. The summed E-state index contributed by atoms with van der Waals surface area (Å²) < 4.78 is 5.33. The molecule has 0 aromatic heterocycles. The number of hydrogen-bond donors (Lipinski definition) is 1. The number of methoxy groups -OCH3 is 1. The number of hydrogen-bond acceptors (Lipinski definition) is 4. The molecule has 2 aromatic carbocycles. The highest BCUT2D eigenvalue weighted by atomic mass is 35.5. The molecule has 0 bridgehead atoms. The Morgan fingerprint density at radius 1 is 1.03 bits per heavy atom. The van der Waals surface area contributed by atoms with Crippen LogP contribution in [0.15, 0.2) is 48.5 Å². The average Bonchev–Trinajstić information content (AvgIpc) is 3.27. The van der Waals surface area contributed by atoms with Gasteiger partial charge in [0.25, 0.3) is 0 Å². The maximum atomic E-state index is 12.6. The van der Waals surface area contributed by atoms with Gasteiger partial charge in [0.1, 0.15) is 5.75 Å². The van der Waals surface area contributed by atoms with Crippen LogP contribution in [0.4, 0.5) is 16.2 Å². The van der Waals surface area contributed by atoms with Crippen LogP contribution in [0, 0.1) is 5.92 Å². The number of urea groups is 1. The van der Waals surface area contributed by atoms with E-state index in [0.717, 1.165) is 62.1 Å². The van der Waals surface area contributed by atoms with E-state index in [4.69, 9.17) is 16.3 Å². The molecular formula is C23H29ClN4O2. The molecule has 0 spiro atoms. The van der Waals surface area contributed by atoms with Crippen LogP contribution in [0.5, 0.6) is 5.75 Å². The van der Waals surface area contributed by atoms with Gasteiger partial charge in [0.2, 0.25) is 0 Å². The zero-order valence-electron chi connectivity index (χ0n) is 17.4. The van der Waals surface area contributed by atoms with Gasteiger partial charge >= 0.3 is 6.03 Å². The number of halogens is 1. The molecule has 7 heteroatoms. The van der Waals surface area contributed by atoms with Crippen LogP contribution >= 0.6 is 11.6 Å². The lowest BCUT2D eigenvalue weighted by molar-refractivity contribution is 0.193. The molecule has 2 amide bonds. The molecule has 0 radical (unpaired) electrons. The Kier molecular flexibility index (Phi) is 6.53. The number of carbonyl (C=O) groups is 1. The van der Waals surface area contributed by atoms with Crippen LogP contribution < -0.4 is 19.9 Å². The number of piperazine rings is 1. The van der Waals surface area contributed by atoms with E-state index >= 15 is 0 Å². The quantitative estimate of drug-likeness (QED) is 0.788. The number of nitrogens with one attached hydrogen (secondary N) is 1. The molecule has 2 aliphatic heterocycles. The molecule has 2 aliphatic rings. The number of anilines is 2. The van der Waals surface area contributed by atoms with Gasteiger partial charge in [-0.2, -0.15) is 0 Å².